The van der Waals surface area contributed by atoms with Gasteiger partial charge in [-0.15, -0.1) is 0 Å². The summed E-state index contributed by atoms with van der Waals surface area (Å²) in [6.07, 6.45) is 0. The molecule has 0 radical (unpaired) electrons. The molecule has 0 aromatic heterocycles. The van der Waals surface area contributed by atoms with Crippen LogP contribution in [-0.4, -0.2) is 31.0 Å². The fraction of sp³-hybridized carbons (Fsp3) is 0.350. The van der Waals surface area contributed by atoms with E-state index in [0.29, 0.717) is 13.1 Å². The first-order valence-corrected chi connectivity index (χ1v) is 8.42. The second-order valence-electron chi connectivity index (χ2n) is 5.97. The Hall–Kier alpha value is -2.40. The fourth-order valence-corrected chi connectivity index (χ4v) is 2.66. The van der Waals surface area contributed by atoms with Crippen molar-refractivity contribution in [3.63, 3.8) is 0 Å². The van der Waals surface area contributed by atoms with E-state index in [0.717, 1.165) is 11.1 Å². The fourth-order valence-electron chi connectivity index (χ4n) is 2.66. The number of ether oxygens (including phenoxy) is 1. The van der Waals surface area contributed by atoms with Gasteiger partial charge in [-0.1, -0.05) is 43.3 Å². The molecule has 0 aliphatic carbocycles. The predicted molar refractivity (Wildman–Crippen MR) is 96.9 cm³/mol. The number of hydrogen-bond donors (Lipinski definition) is 1. The molecule has 0 heterocycles. The molecule has 1 atom stereocenters. The topological polar surface area (TPSA) is 41.6 Å². The first kappa shape index (κ1) is 18.9. The van der Waals surface area contributed by atoms with Crippen molar-refractivity contribution in [3.8, 4) is 5.75 Å². The second-order valence-corrected chi connectivity index (χ2v) is 5.97. The molecule has 2 aromatic rings. The predicted octanol–water partition coefficient (Wildman–Crippen LogP) is 3.53. The van der Waals surface area contributed by atoms with Crippen molar-refractivity contribution < 1.29 is 13.9 Å². The van der Waals surface area contributed by atoms with Crippen LogP contribution >= 0.6 is 0 Å². The van der Waals surface area contributed by atoms with Crippen LogP contribution < -0.4 is 10.1 Å². The van der Waals surface area contributed by atoms with Gasteiger partial charge in [-0.05, 0) is 36.7 Å². The van der Waals surface area contributed by atoms with Crippen LogP contribution in [0.4, 0.5) is 4.39 Å². The summed E-state index contributed by atoms with van der Waals surface area (Å²) in [4.78, 5) is 14.3. The summed E-state index contributed by atoms with van der Waals surface area (Å²) in [5.74, 6) is -0.216. The van der Waals surface area contributed by atoms with E-state index in [9.17, 15) is 9.18 Å². The molecule has 2 aromatic carbocycles. The molecule has 4 nitrogen and oxygen atoms in total. The maximum atomic E-state index is 13.8. The van der Waals surface area contributed by atoms with Crippen molar-refractivity contribution in [2.45, 2.75) is 26.4 Å². The van der Waals surface area contributed by atoms with Crippen molar-refractivity contribution in [1.29, 1.82) is 0 Å². The number of carbonyl (C=O) groups is 1. The molecule has 2 rings (SSSR count). The molecule has 5 heteroatoms. The molecule has 1 N–H and O–H groups in total. The smallest absolute Gasteiger partial charge is 0.234 e. The van der Waals surface area contributed by atoms with Crippen LogP contribution in [0.15, 0.2) is 48.5 Å². The molecule has 1 amide bonds. The number of amides is 1. The standard InChI is InChI=1S/C20H25FN2O2/c1-4-23(13-16-10-11-19(25-3)18(21)12-16)14-20(24)22-15(2)17-8-6-5-7-9-17/h5-12,15H,4,13-14H2,1-3H3,(H,22,24)/t15-/m1/s1. The second kappa shape index (κ2) is 9.18. The lowest BCUT2D eigenvalue weighted by Gasteiger charge is -2.22. The Morgan fingerprint density at radius 2 is 1.96 bits per heavy atom. The molecule has 25 heavy (non-hydrogen) atoms. The zero-order valence-electron chi connectivity index (χ0n) is 15.0. The Labute approximate surface area is 148 Å². The highest BCUT2D eigenvalue weighted by Gasteiger charge is 2.14. The average Bonchev–Trinajstić information content (AvgIpc) is 2.62. The Kier molecular flexibility index (Phi) is 6.95. The van der Waals surface area contributed by atoms with Gasteiger partial charge in [0.25, 0.3) is 0 Å². The van der Waals surface area contributed by atoms with Gasteiger partial charge < -0.3 is 10.1 Å². The number of nitrogens with one attached hydrogen (secondary N) is 1. The maximum absolute atomic E-state index is 13.8. The number of likely N-dealkylation sites (N-methyl/N-ethyl adjacent to an activating group) is 1. The van der Waals surface area contributed by atoms with Crippen LogP contribution in [0.25, 0.3) is 0 Å². The van der Waals surface area contributed by atoms with Gasteiger partial charge in [0, 0.05) is 6.54 Å². The minimum atomic E-state index is -0.391. The summed E-state index contributed by atoms with van der Waals surface area (Å²) >= 11 is 0. The summed E-state index contributed by atoms with van der Waals surface area (Å²) < 4.78 is 18.7. The molecule has 0 bridgehead atoms. The van der Waals surface area contributed by atoms with Gasteiger partial charge in [0.2, 0.25) is 5.91 Å². The van der Waals surface area contributed by atoms with Gasteiger partial charge in [0.15, 0.2) is 11.6 Å². The SMILES string of the molecule is CCN(CC(=O)N[C@H](C)c1ccccc1)Cc1ccc(OC)c(F)c1. The Balaban J connectivity index is 1.92. The minimum Gasteiger partial charge on any atom is -0.494 e. The number of nitrogens with zero attached hydrogens (tertiary/aromatic N) is 1. The van der Waals surface area contributed by atoms with E-state index in [1.54, 1.807) is 6.07 Å². The third-order valence-corrected chi connectivity index (χ3v) is 4.11. The molecule has 0 aliphatic heterocycles. The van der Waals surface area contributed by atoms with Crippen molar-refractivity contribution in [3.05, 3.63) is 65.5 Å². The molecule has 0 aliphatic rings. The van der Waals surface area contributed by atoms with Gasteiger partial charge in [-0.3, -0.25) is 9.69 Å². The summed E-state index contributed by atoms with van der Waals surface area (Å²) in [6.45, 7) is 5.41. The Morgan fingerprint density at radius 1 is 1.24 bits per heavy atom. The summed E-state index contributed by atoms with van der Waals surface area (Å²) in [5, 5.41) is 3.00. The minimum absolute atomic E-state index is 0.0489. The average molecular weight is 344 g/mol. The number of carbonyl (C=O) groups excluding carboxylic acids is 1. The van der Waals surface area contributed by atoms with E-state index in [-0.39, 0.29) is 24.2 Å². The van der Waals surface area contributed by atoms with E-state index in [1.807, 2.05) is 55.1 Å². The van der Waals surface area contributed by atoms with Crippen molar-refractivity contribution in [1.82, 2.24) is 10.2 Å². The highest BCUT2D eigenvalue weighted by Crippen LogP contribution is 2.18. The van der Waals surface area contributed by atoms with Gasteiger partial charge in [-0.25, -0.2) is 4.39 Å². The van der Waals surface area contributed by atoms with Crippen LogP contribution in [0.5, 0.6) is 5.75 Å². The number of benzene rings is 2. The van der Waals surface area contributed by atoms with Gasteiger partial charge in [0.1, 0.15) is 0 Å². The first-order valence-electron chi connectivity index (χ1n) is 8.42. The van der Waals surface area contributed by atoms with Crippen LogP contribution in [0, 0.1) is 5.82 Å². The third kappa shape index (κ3) is 5.57. The Morgan fingerprint density at radius 3 is 2.56 bits per heavy atom. The van der Waals surface area contributed by atoms with E-state index in [2.05, 4.69) is 5.32 Å². The van der Waals surface area contributed by atoms with E-state index in [4.69, 9.17) is 4.74 Å². The van der Waals surface area contributed by atoms with Crippen molar-refractivity contribution >= 4 is 5.91 Å². The zero-order chi connectivity index (χ0) is 18.2. The molecular formula is C20H25FN2O2. The van der Waals surface area contributed by atoms with Crippen LogP contribution in [0.3, 0.4) is 0 Å². The normalized spacial score (nSPS) is 12.0. The molecule has 0 saturated carbocycles. The van der Waals surface area contributed by atoms with Crippen LogP contribution in [0.2, 0.25) is 0 Å². The molecule has 0 saturated heterocycles. The molecule has 0 spiro atoms. The summed E-state index contributed by atoms with van der Waals surface area (Å²) in [6, 6.07) is 14.7. The number of halogens is 1. The molecule has 0 unspecified atom stereocenters. The third-order valence-electron chi connectivity index (χ3n) is 4.11. The lowest BCUT2D eigenvalue weighted by molar-refractivity contribution is -0.123. The van der Waals surface area contributed by atoms with Crippen LogP contribution in [0.1, 0.15) is 31.0 Å². The molecule has 134 valence electrons. The molecule has 0 fully saturated rings. The lowest BCUT2D eigenvalue weighted by atomic mass is 10.1. The number of rotatable bonds is 8. The summed E-state index contributed by atoms with van der Waals surface area (Å²) in [5.41, 5.74) is 1.88. The van der Waals surface area contributed by atoms with E-state index < -0.39 is 5.82 Å². The van der Waals surface area contributed by atoms with E-state index >= 15 is 0 Å². The monoisotopic (exact) mass is 344 g/mol. The van der Waals surface area contributed by atoms with Gasteiger partial charge in [-0.2, -0.15) is 0 Å². The number of hydrogen-bond acceptors (Lipinski definition) is 3. The lowest BCUT2D eigenvalue weighted by Crippen LogP contribution is -2.38. The Bertz CT molecular complexity index is 691. The van der Waals surface area contributed by atoms with Crippen molar-refractivity contribution in [2.24, 2.45) is 0 Å². The molecular weight excluding hydrogens is 319 g/mol. The highest BCUT2D eigenvalue weighted by molar-refractivity contribution is 5.78. The van der Waals surface area contributed by atoms with Crippen LogP contribution in [-0.2, 0) is 11.3 Å². The zero-order valence-corrected chi connectivity index (χ0v) is 15.0. The largest absolute Gasteiger partial charge is 0.494 e. The maximum Gasteiger partial charge on any atom is 0.234 e. The van der Waals surface area contributed by atoms with Crippen molar-refractivity contribution in [2.75, 3.05) is 20.2 Å². The quantitative estimate of drug-likeness (QED) is 0.796. The number of methoxy groups -OCH3 is 1. The summed E-state index contributed by atoms with van der Waals surface area (Å²) in [7, 11) is 1.44. The van der Waals surface area contributed by atoms with E-state index in [1.165, 1.54) is 13.2 Å². The van der Waals surface area contributed by atoms with Gasteiger partial charge in [0.05, 0.1) is 19.7 Å². The first-order chi connectivity index (χ1) is 12.0. The van der Waals surface area contributed by atoms with Gasteiger partial charge >= 0.3 is 0 Å². The highest BCUT2D eigenvalue weighted by atomic mass is 19.1.